The van der Waals surface area contributed by atoms with Crippen LogP contribution in [0.2, 0.25) is 0 Å². The monoisotopic (exact) mass is 384 g/mol. The first kappa shape index (κ1) is 19.9. The second-order valence-corrected chi connectivity index (χ2v) is 9.89. The van der Waals surface area contributed by atoms with Gasteiger partial charge in [-0.1, -0.05) is 38.5 Å². The van der Waals surface area contributed by atoms with Gasteiger partial charge < -0.3 is 30.3 Å². The van der Waals surface area contributed by atoms with Gasteiger partial charge in [0.1, 0.15) is 0 Å². The minimum Gasteiger partial charge on any atom is -0.748 e. The zero-order chi connectivity index (χ0) is 15.7. The van der Waals surface area contributed by atoms with Crippen LogP contribution in [0.15, 0.2) is 54.6 Å². The van der Waals surface area contributed by atoms with Crippen LogP contribution in [0.5, 0.6) is 0 Å². The summed E-state index contributed by atoms with van der Waals surface area (Å²) in [7, 11) is 0.145. The van der Waals surface area contributed by atoms with Gasteiger partial charge in [0.15, 0.2) is 0 Å². The summed E-state index contributed by atoms with van der Waals surface area (Å²) in [5.41, 5.74) is 2.11. The third-order valence-electron chi connectivity index (χ3n) is 5.43. The van der Waals surface area contributed by atoms with E-state index < -0.39 is 0 Å². The van der Waals surface area contributed by atoms with Crippen LogP contribution in [0.3, 0.4) is 0 Å². The predicted molar refractivity (Wildman–Crippen MR) is 104 cm³/mol. The standard InChI is InChI=1S/C17H26P.C5H5.Ni/c1-3-9-15(10-4-1)18(17-13-7-8-14-17)16-11-5-2-6-12-16;1-2-4-5-3-1;/h7-8,13-16H,1-6,9-12H2;1-5H;/q-1;-5;. The van der Waals surface area contributed by atoms with Crippen LogP contribution in [-0.2, 0) is 16.5 Å². The van der Waals surface area contributed by atoms with Crippen LogP contribution < -0.4 is 5.30 Å². The van der Waals surface area contributed by atoms with Crippen molar-refractivity contribution in [2.24, 2.45) is 0 Å². The molecule has 2 heteroatoms. The Morgan fingerprint density at radius 1 is 0.625 bits per heavy atom. The van der Waals surface area contributed by atoms with Crippen molar-refractivity contribution < 1.29 is 16.5 Å². The molecule has 2 aliphatic rings. The molecule has 0 saturated heterocycles. The topological polar surface area (TPSA) is 0 Å². The second-order valence-electron chi connectivity index (χ2n) is 7.10. The SMILES string of the molecule is [Ni].[cH-]1[cH-][cH-][cH-][cH-]1.c1cc[c-](P(C2CCCCC2)C2CCCCC2)c1. The quantitative estimate of drug-likeness (QED) is 0.318. The normalized spacial score (nSPS) is 19.4. The molecule has 0 nitrogen and oxygen atoms in total. The van der Waals surface area contributed by atoms with E-state index in [1.807, 2.05) is 30.3 Å². The Morgan fingerprint density at radius 3 is 1.38 bits per heavy atom. The molecule has 0 spiro atoms. The van der Waals surface area contributed by atoms with Crippen LogP contribution in [0.25, 0.3) is 0 Å². The molecule has 0 unspecified atom stereocenters. The van der Waals surface area contributed by atoms with E-state index in [0.29, 0.717) is 0 Å². The average Bonchev–Trinajstić information content (AvgIpc) is 3.34. The zero-order valence-electron chi connectivity index (χ0n) is 14.7. The van der Waals surface area contributed by atoms with Crippen LogP contribution in [-0.4, -0.2) is 11.3 Å². The molecular weight excluding hydrogens is 354 g/mol. The Kier molecular flexibility index (Phi) is 9.37. The molecule has 0 amide bonds. The Bertz CT molecular complexity index is 455. The molecule has 0 aliphatic heterocycles. The molecule has 0 atom stereocenters. The summed E-state index contributed by atoms with van der Waals surface area (Å²) < 4.78 is 0. The van der Waals surface area contributed by atoms with E-state index in [4.69, 9.17) is 0 Å². The molecule has 2 aliphatic carbocycles. The van der Waals surface area contributed by atoms with Crippen molar-refractivity contribution in [2.75, 3.05) is 0 Å². The van der Waals surface area contributed by atoms with E-state index in [9.17, 15) is 0 Å². The van der Waals surface area contributed by atoms with E-state index in [0.717, 1.165) is 11.3 Å². The summed E-state index contributed by atoms with van der Waals surface area (Å²) in [5, 5.41) is 1.73. The van der Waals surface area contributed by atoms with Crippen LogP contribution in [0.4, 0.5) is 0 Å². The maximum absolute atomic E-state index is 2.43. The molecule has 4 rings (SSSR count). The first-order chi connectivity index (χ1) is 11.4. The average molecular weight is 385 g/mol. The number of hydrogen-bond acceptors (Lipinski definition) is 0. The molecule has 0 N–H and O–H groups in total. The molecular formula is C22H31NiP-6. The minimum absolute atomic E-state index is 0. The fourth-order valence-corrected chi connectivity index (χ4v) is 8.09. The van der Waals surface area contributed by atoms with Gasteiger partial charge in [0, 0.05) is 16.5 Å². The Morgan fingerprint density at radius 2 is 1.00 bits per heavy atom. The van der Waals surface area contributed by atoms with Crippen molar-refractivity contribution in [3.05, 3.63) is 54.6 Å². The molecule has 2 aromatic carbocycles. The van der Waals surface area contributed by atoms with Crippen LogP contribution in [0, 0.1) is 0 Å². The molecule has 2 fully saturated rings. The van der Waals surface area contributed by atoms with Gasteiger partial charge in [0.05, 0.1) is 0 Å². The van der Waals surface area contributed by atoms with Gasteiger partial charge in [-0.2, -0.15) is 12.1 Å². The van der Waals surface area contributed by atoms with E-state index >= 15 is 0 Å². The Balaban J connectivity index is 0.000000300. The Labute approximate surface area is 159 Å². The fraction of sp³-hybridized carbons (Fsp3) is 0.545. The van der Waals surface area contributed by atoms with Crippen molar-refractivity contribution in [3.63, 3.8) is 0 Å². The van der Waals surface area contributed by atoms with Gasteiger partial charge >= 0.3 is 0 Å². The molecule has 0 aromatic heterocycles. The number of rotatable bonds is 3. The zero-order valence-corrected chi connectivity index (χ0v) is 16.6. The van der Waals surface area contributed by atoms with Crippen molar-refractivity contribution in [2.45, 2.75) is 75.5 Å². The van der Waals surface area contributed by atoms with E-state index in [1.54, 1.807) is 5.30 Å². The van der Waals surface area contributed by atoms with Crippen molar-refractivity contribution >= 4 is 13.2 Å². The summed E-state index contributed by atoms with van der Waals surface area (Å²) in [6.07, 6.45) is 15.1. The van der Waals surface area contributed by atoms with Crippen molar-refractivity contribution in [3.8, 4) is 0 Å². The third kappa shape index (κ3) is 5.86. The summed E-state index contributed by atoms with van der Waals surface area (Å²) >= 11 is 0. The maximum Gasteiger partial charge on any atom is 0 e. The van der Waals surface area contributed by atoms with Crippen molar-refractivity contribution in [1.82, 2.24) is 0 Å². The fourth-order valence-electron chi connectivity index (χ4n) is 4.29. The second kappa shape index (κ2) is 11.3. The van der Waals surface area contributed by atoms with Gasteiger partial charge in [0.25, 0.3) is 0 Å². The van der Waals surface area contributed by atoms with Gasteiger partial charge in [-0.05, 0) is 37.0 Å². The largest absolute Gasteiger partial charge is 0.748 e. The van der Waals surface area contributed by atoms with E-state index in [-0.39, 0.29) is 24.4 Å². The molecule has 0 heterocycles. The van der Waals surface area contributed by atoms with E-state index in [1.165, 1.54) is 64.2 Å². The summed E-state index contributed by atoms with van der Waals surface area (Å²) in [6, 6.07) is 19.4. The van der Waals surface area contributed by atoms with Crippen LogP contribution in [0.1, 0.15) is 64.2 Å². The summed E-state index contributed by atoms with van der Waals surface area (Å²) in [6.45, 7) is 0. The summed E-state index contributed by atoms with van der Waals surface area (Å²) in [4.78, 5) is 0. The molecule has 140 valence electrons. The molecule has 2 saturated carbocycles. The van der Waals surface area contributed by atoms with Gasteiger partial charge in [-0.3, -0.25) is 0 Å². The van der Waals surface area contributed by atoms with Gasteiger partial charge in [-0.15, -0.1) is 13.2 Å². The number of hydrogen-bond donors (Lipinski definition) is 0. The minimum atomic E-state index is 0. The smallest absolute Gasteiger partial charge is 0 e. The van der Waals surface area contributed by atoms with Gasteiger partial charge in [-0.25, -0.2) is 12.1 Å². The molecule has 24 heavy (non-hydrogen) atoms. The van der Waals surface area contributed by atoms with Crippen LogP contribution >= 0.6 is 7.92 Å². The predicted octanol–water partition coefficient (Wildman–Crippen LogP) is 6.58. The first-order valence-electron chi connectivity index (χ1n) is 9.62. The first-order valence-corrected chi connectivity index (χ1v) is 11.1. The summed E-state index contributed by atoms with van der Waals surface area (Å²) in [5.74, 6) is 0. The van der Waals surface area contributed by atoms with Gasteiger partial charge in [0.2, 0.25) is 0 Å². The molecule has 0 bridgehead atoms. The molecule has 0 radical (unpaired) electrons. The van der Waals surface area contributed by atoms with E-state index in [2.05, 4.69) is 24.3 Å². The van der Waals surface area contributed by atoms with Crippen molar-refractivity contribution in [1.29, 1.82) is 0 Å². The molecule has 2 aromatic rings. The maximum atomic E-state index is 2.43. The third-order valence-corrected chi connectivity index (χ3v) is 8.94. The Hall–Kier alpha value is -0.376.